The van der Waals surface area contributed by atoms with Gasteiger partial charge in [0.25, 0.3) is 5.56 Å². The second-order valence-electron chi connectivity index (χ2n) is 7.12. The molecule has 0 spiro atoms. The first-order valence-corrected chi connectivity index (χ1v) is 11.2. The summed E-state index contributed by atoms with van der Waals surface area (Å²) in [4.78, 5) is 36.7. The summed E-state index contributed by atoms with van der Waals surface area (Å²) in [5, 5.41) is 2.53. The zero-order chi connectivity index (χ0) is 20.4. The summed E-state index contributed by atoms with van der Waals surface area (Å²) in [7, 11) is 1.34. The van der Waals surface area contributed by atoms with Crippen molar-refractivity contribution in [1.29, 1.82) is 0 Å². The molecule has 1 fully saturated rings. The van der Waals surface area contributed by atoms with Crippen molar-refractivity contribution in [3.05, 3.63) is 49.0 Å². The average molecular weight is 434 g/mol. The van der Waals surface area contributed by atoms with Crippen LogP contribution in [0.25, 0.3) is 10.2 Å². The van der Waals surface area contributed by atoms with Crippen molar-refractivity contribution in [1.82, 2.24) is 14.9 Å². The van der Waals surface area contributed by atoms with E-state index in [1.54, 1.807) is 18.3 Å². The highest BCUT2D eigenvalue weighted by Crippen LogP contribution is 2.28. The van der Waals surface area contributed by atoms with Gasteiger partial charge in [0.05, 0.1) is 25.1 Å². The van der Waals surface area contributed by atoms with E-state index >= 15 is 0 Å². The van der Waals surface area contributed by atoms with Crippen LogP contribution >= 0.6 is 22.7 Å². The summed E-state index contributed by atoms with van der Waals surface area (Å²) in [6.07, 6.45) is 2.35. The Hall–Kier alpha value is -2.07. The molecule has 29 heavy (non-hydrogen) atoms. The Morgan fingerprint density at radius 3 is 3.00 bits per heavy atom. The van der Waals surface area contributed by atoms with Crippen molar-refractivity contribution in [3.63, 3.8) is 0 Å². The molecular weight excluding hydrogens is 410 g/mol. The number of carbonyl (C=O) groups excluding carboxylic acids is 1. The zero-order valence-corrected chi connectivity index (χ0v) is 18.0. The SMILES string of the molecule is COC(=O)c1sc2nc(CN(Cc3cccs3)CC3CCCO3)[nH]c(=O)c2c1C. The van der Waals surface area contributed by atoms with Crippen LogP contribution in [0.5, 0.6) is 0 Å². The van der Waals surface area contributed by atoms with Gasteiger partial charge in [0, 0.05) is 24.6 Å². The summed E-state index contributed by atoms with van der Waals surface area (Å²) < 4.78 is 10.6. The van der Waals surface area contributed by atoms with Gasteiger partial charge in [-0.25, -0.2) is 9.78 Å². The van der Waals surface area contributed by atoms with E-state index in [-0.39, 0.29) is 11.7 Å². The van der Waals surface area contributed by atoms with Crippen molar-refractivity contribution in [2.75, 3.05) is 20.3 Å². The lowest BCUT2D eigenvalue weighted by molar-refractivity contribution is 0.0605. The van der Waals surface area contributed by atoms with Gasteiger partial charge in [-0.2, -0.15) is 0 Å². The number of hydrogen-bond donors (Lipinski definition) is 1. The molecule has 3 aromatic heterocycles. The number of aromatic nitrogens is 2. The number of aryl methyl sites for hydroxylation is 1. The maximum absolute atomic E-state index is 12.7. The Bertz CT molecular complexity index is 1050. The summed E-state index contributed by atoms with van der Waals surface area (Å²) in [5.41, 5.74) is 0.397. The van der Waals surface area contributed by atoms with E-state index in [0.29, 0.717) is 33.0 Å². The normalized spacial score (nSPS) is 16.7. The highest BCUT2D eigenvalue weighted by molar-refractivity contribution is 7.20. The van der Waals surface area contributed by atoms with E-state index in [1.165, 1.54) is 23.3 Å². The molecule has 0 bridgehead atoms. The minimum Gasteiger partial charge on any atom is -0.465 e. The van der Waals surface area contributed by atoms with Gasteiger partial charge < -0.3 is 14.5 Å². The van der Waals surface area contributed by atoms with Crippen molar-refractivity contribution >= 4 is 38.9 Å². The Labute approximate surface area is 176 Å². The van der Waals surface area contributed by atoms with Crippen LogP contribution in [-0.2, 0) is 22.6 Å². The van der Waals surface area contributed by atoms with Gasteiger partial charge in [-0.1, -0.05) is 6.07 Å². The largest absolute Gasteiger partial charge is 0.465 e. The van der Waals surface area contributed by atoms with E-state index < -0.39 is 5.97 Å². The number of ether oxygens (including phenoxy) is 2. The molecule has 1 aliphatic rings. The third-order valence-corrected chi connectivity index (χ3v) is 7.07. The van der Waals surface area contributed by atoms with Crippen LogP contribution in [0.1, 0.15) is 38.8 Å². The lowest BCUT2D eigenvalue weighted by Gasteiger charge is -2.24. The molecule has 0 amide bonds. The quantitative estimate of drug-likeness (QED) is 0.576. The van der Waals surface area contributed by atoms with E-state index in [1.807, 2.05) is 6.07 Å². The second-order valence-corrected chi connectivity index (χ2v) is 9.16. The lowest BCUT2D eigenvalue weighted by Crippen LogP contribution is -2.32. The minimum atomic E-state index is -0.441. The van der Waals surface area contributed by atoms with Crippen LogP contribution in [0.4, 0.5) is 0 Å². The predicted molar refractivity (Wildman–Crippen MR) is 114 cm³/mol. The van der Waals surface area contributed by atoms with Crippen molar-refractivity contribution in [3.8, 4) is 0 Å². The van der Waals surface area contributed by atoms with E-state index in [4.69, 9.17) is 9.47 Å². The van der Waals surface area contributed by atoms with Gasteiger partial charge in [0.15, 0.2) is 0 Å². The third-order valence-electron chi connectivity index (χ3n) is 5.04. The Kier molecular flexibility index (Phi) is 6.09. The van der Waals surface area contributed by atoms with Crippen molar-refractivity contribution in [2.24, 2.45) is 0 Å². The van der Waals surface area contributed by atoms with Crippen LogP contribution in [0, 0.1) is 6.92 Å². The molecule has 1 saturated heterocycles. The standard InChI is InChI=1S/C20H23N3O4S2/c1-12-16-18(24)21-15(22-19(16)29-17(12)20(25)26-2)11-23(9-13-5-3-7-27-13)10-14-6-4-8-28-14/h4,6,8,13H,3,5,7,9-11H2,1-2H3,(H,21,22,24). The Balaban J connectivity index is 1.62. The molecule has 3 aromatic rings. The molecule has 0 aliphatic carbocycles. The molecule has 0 radical (unpaired) electrons. The van der Waals surface area contributed by atoms with Crippen LogP contribution in [0.15, 0.2) is 22.3 Å². The summed E-state index contributed by atoms with van der Waals surface area (Å²) in [6.45, 7) is 4.63. The molecule has 4 heterocycles. The zero-order valence-electron chi connectivity index (χ0n) is 16.4. The fraction of sp³-hybridized carbons (Fsp3) is 0.450. The first-order chi connectivity index (χ1) is 14.0. The maximum Gasteiger partial charge on any atom is 0.348 e. The summed E-state index contributed by atoms with van der Waals surface area (Å²) >= 11 is 2.92. The number of H-pyrrole nitrogens is 1. The molecule has 1 N–H and O–H groups in total. The molecule has 154 valence electrons. The third kappa shape index (κ3) is 4.42. The van der Waals surface area contributed by atoms with E-state index in [2.05, 4.69) is 26.3 Å². The van der Waals surface area contributed by atoms with Gasteiger partial charge in [0.2, 0.25) is 0 Å². The average Bonchev–Trinajstić information content (AvgIpc) is 3.43. The highest BCUT2D eigenvalue weighted by Gasteiger charge is 2.23. The molecule has 7 nitrogen and oxygen atoms in total. The van der Waals surface area contributed by atoms with Gasteiger partial charge in [-0.3, -0.25) is 9.69 Å². The number of nitrogens with zero attached hydrogens (tertiary/aromatic N) is 2. The highest BCUT2D eigenvalue weighted by atomic mass is 32.1. The predicted octanol–water partition coefficient (Wildman–Crippen LogP) is 3.32. The van der Waals surface area contributed by atoms with Gasteiger partial charge >= 0.3 is 5.97 Å². The second kappa shape index (κ2) is 8.74. The molecule has 0 aromatic carbocycles. The van der Waals surface area contributed by atoms with E-state index in [9.17, 15) is 9.59 Å². The fourth-order valence-electron chi connectivity index (χ4n) is 3.65. The number of thiophene rings is 2. The molecule has 1 atom stereocenters. The summed E-state index contributed by atoms with van der Waals surface area (Å²) in [6, 6.07) is 4.15. The molecule has 1 aliphatic heterocycles. The summed E-state index contributed by atoms with van der Waals surface area (Å²) in [5.74, 6) is 0.152. The minimum absolute atomic E-state index is 0.209. The van der Waals surface area contributed by atoms with Gasteiger partial charge in [0.1, 0.15) is 15.5 Å². The number of methoxy groups -OCH3 is 1. The number of carbonyl (C=O) groups is 1. The van der Waals surface area contributed by atoms with Crippen molar-refractivity contribution in [2.45, 2.75) is 39.0 Å². The molecule has 9 heteroatoms. The monoisotopic (exact) mass is 433 g/mol. The topological polar surface area (TPSA) is 84.5 Å². The fourth-order valence-corrected chi connectivity index (χ4v) is 5.51. The van der Waals surface area contributed by atoms with Crippen LogP contribution in [-0.4, -0.2) is 47.2 Å². The molecule has 4 rings (SSSR count). The number of aromatic amines is 1. The number of nitrogens with one attached hydrogen (secondary N) is 1. The number of rotatable bonds is 7. The van der Waals surface area contributed by atoms with Gasteiger partial charge in [-0.05, 0) is 36.8 Å². The maximum atomic E-state index is 12.7. The first-order valence-electron chi connectivity index (χ1n) is 9.52. The van der Waals surface area contributed by atoms with Gasteiger partial charge in [-0.15, -0.1) is 22.7 Å². The molecule has 1 unspecified atom stereocenters. The van der Waals surface area contributed by atoms with Crippen molar-refractivity contribution < 1.29 is 14.3 Å². The number of fused-ring (bicyclic) bond motifs is 1. The Morgan fingerprint density at radius 2 is 2.31 bits per heavy atom. The number of esters is 1. The molecule has 0 saturated carbocycles. The first kappa shape index (κ1) is 20.2. The lowest BCUT2D eigenvalue weighted by atomic mass is 10.2. The van der Waals surface area contributed by atoms with Crippen LogP contribution in [0.2, 0.25) is 0 Å². The Morgan fingerprint density at radius 1 is 1.45 bits per heavy atom. The van der Waals surface area contributed by atoms with E-state index in [0.717, 1.165) is 32.5 Å². The van der Waals surface area contributed by atoms with Crippen LogP contribution < -0.4 is 5.56 Å². The van der Waals surface area contributed by atoms with Crippen LogP contribution in [0.3, 0.4) is 0 Å². The molecular formula is C20H23N3O4S2. The smallest absolute Gasteiger partial charge is 0.348 e. The number of hydrogen-bond acceptors (Lipinski definition) is 8.